The zero-order chi connectivity index (χ0) is 13.2. The van der Waals surface area contributed by atoms with E-state index >= 15 is 0 Å². The first kappa shape index (κ1) is 12.4. The van der Waals surface area contributed by atoms with E-state index < -0.39 is 0 Å². The number of nitrogens with one attached hydrogen (secondary N) is 1. The lowest BCUT2D eigenvalue weighted by Gasteiger charge is -2.35. The van der Waals surface area contributed by atoms with E-state index in [1.807, 2.05) is 0 Å². The van der Waals surface area contributed by atoms with Gasteiger partial charge in [-0.05, 0) is 19.4 Å². The SMILES string of the molecule is Nc1cc(NCC2CN3CCCC3CO2)nc(N)n1. The molecule has 2 fully saturated rings. The summed E-state index contributed by atoms with van der Waals surface area (Å²) in [6.07, 6.45) is 2.73. The third-order valence-corrected chi connectivity index (χ3v) is 3.74. The van der Waals surface area contributed by atoms with Crippen LogP contribution in [0.1, 0.15) is 12.8 Å². The molecule has 3 rings (SSSR count). The van der Waals surface area contributed by atoms with Crippen LogP contribution < -0.4 is 16.8 Å². The van der Waals surface area contributed by atoms with Gasteiger partial charge in [0.1, 0.15) is 11.6 Å². The lowest BCUT2D eigenvalue weighted by Crippen LogP contribution is -2.48. The summed E-state index contributed by atoms with van der Waals surface area (Å²) in [7, 11) is 0. The highest BCUT2D eigenvalue weighted by Gasteiger charge is 2.31. The maximum Gasteiger partial charge on any atom is 0.223 e. The molecule has 0 aliphatic carbocycles. The van der Waals surface area contributed by atoms with E-state index in [0.717, 1.165) is 13.2 Å². The van der Waals surface area contributed by atoms with Crippen molar-refractivity contribution in [2.75, 3.05) is 43.0 Å². The number of anilines is 3. The minimum absolute atomic E-state index is 0.187. The average molecular weight is 264 g/mol. The molecule has 5 N–H and O–H groups in total. The van der Waals surface area contributed by atoms with Crippen molar-refractivity contribution in [2.45, 2.75) is 25.0 Å². The van der Waals surface area contributed by atoms with Crippen molar-refractivity contribution in [3.63, 3.8) is 0 Å². The van der Waals surface area contributed by atoms with Gasteiger partial charge < -0.3 is 21.5 Å². The van der Waals surface area contributed by atoms with Crippen LogP contribution in [0.5, 0.6) is 0 Å². The Morgan fingerprint density at radius 2 is 2.32 bits per heavy atom. The number of ether oxygens (including phenoxy) is 1. The minimum Gasteiger partial charge on any atom is -0.383 e. The predicted molar refractivity (Wildman–Crippen MR) is 73.7 cm³/mol. The van der Waals surface area contributed by atoms with Crippen LogP contribution in [0, 0.1) is 0 Å². The zero-order valence-electron chi connectivity index (χ0n) is 10.9. The zero-order valence-corrected chi connectivity index (χ0v) is 10.9. The van der Waals surface area contributed by atoms with Crippen LogP contribution in [0.25, 0.3) is 0 Å². The lowest BCUT2D eigenvalue weighted by molar-refractivity contribution is -0.0416. The highest BCUT2D eigenvalue weighted by Crippen LogP contribution is 2.22. The second kappa shape index (κ2) is 5.18. The van der Waals surface area contributed by atoms with Gasteiger partial charge in [-0.15, -0.1) is 0 Å². The number of nitrogens with two attached hydrogens (primary N) is 2. The van der Waals surface area contributed by atoms with Gasteiger partial charge in [-0.2, -0.15) is 9.97 Å². The molecule has 0 spiro atoms. The normalized spacial score (nSPS) is 27.2. The fourth-order valence-corrected chi connectivity index (χ4v) is 2.80. The Kier molecular flexibility index (Phi) is 3.39. The molecule has 2 aliphatic heterocycles. The summed E-state index contributed by atoms with van der Waals surface area (Å²) in [6, 6.07) is 2.30. The molecule has 0 radical (unpaired) electrons. The van der Waals surface area contributed by atoms with Gasteiger partial charge in [0.15, 0.2) is 0 Å². The molecule has 1 aromatic heterocycles. The number of nitrogens with zero attached hydrogens (tertiary/aromatic N) is 3. The Morgan fingerprint density at radius 3 is 3.16 bits per heavy atom. The summed E-state index contributed by atoms with van der Waals surface area (Å²) in [5.74, 6) is 1.21. The molecule has 0 amide bonds. The van der Waals surface area contributed by atoms with Crippen LogP contribution in [0.4, 0.5) is 17.6 Å². The van der Waals surface area contributed by atoms with Gasteiger partial charge in [-0.25, -0.2) is 0 Å². The van der Waals surface area contributed by atoms with E-state index in [2.05, 4.69) is 20.2 Å². The molecule has 2 unspecified atom stereocenters. The topological polar surface area (TPSA) is 102 Å². The molecule has 19 heavy (non-hydrogen) atoms. The number of hydrogen-bond donors (Lipinski definition) is 3. The number of rotatable bonds is 3. The molecule has 3 heterocycles. The van der Waals surface area contributed by atoms with Gasteiger partial charge in [0.25, 0.3) is 0 Å². The van der Waals surface area contributed by atoms with Gasteiger partial charge in [0.05, 0.1) is 12.7 Å². The fraction of sp³-hybridized carbons (Fsp3) is 0.667. The smallest absolute Gasteiger partial charge is 0.223 e. The second-order valence-corrected chi connectivity index (χ2v) is 5.16. The van der Waals surface area contributed by atoms with Crippen molar-refractivity contribution in [1.82, 2.24) is 14.9 Å². The molecule has 0 bridgehead atoms. The summed E-state index contributed by atoms with van der Waals surface area (Å²) in [5, 5.41) is 3.21. The van der Waals surface area contributed by atoms with Crippen LogP contribution in [-0.2, 0) is 4.74 Å². The first-order valence-corrected chi connectivity index (χ1v) is 6.70. The lowest BCUT2D eigenvalue weighted by atomic mass is 10.2. The van der Waals surface area contributed by atoms with Gasteiger partial charge in [0, 0.05) is 25.2 Å². The first-order chi connectivity index (χ1) is 9.20. The number of aromatic nitrogens is 2. The largest absolute Gasteiger partial charge is 0.383 e. The van der Waals surface area contributed by atoms with Gasteiger partial charge >= 0.3 is 0 Å². The highest BCUT2D eigenvalue weighted by molar-refractivity contribution is 5.48. The Labute approximate surface area is 112 Å². The number of fused-ring (bicyclic) bond motifs is 1. The molecule has 7 nitrogen and oxygen atoms in total. The molecule has 1 aromatic rings. The molecule has 2 aliphatic rings. The van der Waals surface area contributed by atoms with Crippen molar-refractivity contribution in [1.29, 1.82) is 0 Å². The summed E-state index contributed by atoms with van der Waals surface area (Å²) in [4.78, 5) is 10.4. The minimum atomic E-state index is 0.187. The monoisotopic (exact) mass is 264 g/mol. The molecular formula is C12H20N6O. The number of hydrogen-bond acceptors (Lipinski definition) is 7. The maximum atomic E-state index is 5.86. The second-order valence-electron chi connectivity index (χ2n) is 5.16. The maximum absolute atomic E-state index is 5.86. The van der Waals surface area contributed by atoms with Crippen molar-refractivity contribution in [3.8, 4) is 0 Å². The molecule has 2 atom stereocenters. The number of morpholine rings is 1. The molecule has 0 saturated carbocycles. The van der Waals surface area contributed by atoms with Crippen LogP contribution in [0.15, 0.2) is 6.07 Å². The summed E-state index contributed by atoms with van der Waals surface area (Å²) in [5.41, 5.74) is 11.2. The van der Waals surface area contributed by atoms with E-state index in [4.69, 9.17) is 16.2 Å². The molecular weight excluding hydrogens is 244 g/mol. The van der Waals surface area contributed by atoms with Crippen molar-refractivity contribution in [3.05, 3.63) is 6.07 Å². The average Bonchev–Trinajstić information content (AvgIpc) is 2.82. The Bertz CT molecular complexity index is 434. The van der Waals surface area contributed by atoms with E-state index in [1.165, 1.54) is 19.4 Å². The third kappa shape index (κ3) is 2.87. The van der Waals surface area contributed by atoms with E-state index in [9.17, 15) is 0 Å². The van der Waals surface area contributed by atoms with Crippen LogP contribution in [0.3, 0.4) is 0 Å². The fourth-order valence-electron chi connectivity index (χ4n) is 2.80. The van der Waals surface area contributed by atoms with Crippen molar-refractivity contribution < 1.29 is 4.74 Å². The molecule has 2 saturated heterocycles. The summed E-state index contributed by atoms with van der Waals surface area (Å²) in [6.45, 7) is 3.71. The van der Waals surface area contributed by atoms with Gasteiger partial charge in [-0.1, -0.05) is 0 Å². The summed E-state index contributed by atoms with van der Waals surface area (Å²) < 4.78 is 5.86. The van der Waals surface area contributed by atoms with Crippen molar-refractivity contribution in [2.24, 2.45) is 0 Å². The van der Waals surface area contributed by atoms with Crippen LogP contribution in [-0.4, -0.2) is 53.3 Å². The van der Waals surface area contributed by atoms with Crippen LogP contribution in [0.2, 0.25) is 0 Å². The van der Waals surface area contributed by atoms with Gasteiger partial charge in [-0.3, -0.25) is 4.90 Å². The van der Waals surface area contributed by atoms with E-state index in [1.54, 1.807) is 6.07 Å². The first-order valence-electron chi connectivity index (χ1n) is 6.70. The van der Waals surface area contributed by atoms with Crippen molar-refractivity contribution >= 4 is 17.6 Å². The number of nitrogen functional groups attached to an aromatic ring is 2. The third-order valence-electron chi connectivity index (χ3n) is 3.74. The molecule has 7 heteroatoms. The Morgan fingerprint density at radius 1 is 1.42 bits per heavy atom. The van der Waals surface area contributed by atoms with Gasteiger partial charge in [0.2, 0.25) is 5.95 Å². The molecule has 0 aromatic carbocycles. The Hall–Kier alpha value is -1.60. The predicted octanol–water partition coefficient (Wildman–Crippen LogP) is -0.0839. The highest BCUT2D eigenvalue weighted by atomic mass is 16.5. The quantitative estimate of drug-likeness (QED) is 0.701. The standard InChI is InChI=1S/C12H20N6O/c13-10-4-11(17-12(14)16-10)15-5-9-6-18-3-1-2-8(18)7-19-9/h4,8-9H,1-3,5-7H2,(H5,13,14,15,16,17). The summed E-state index contributed by atoms with van der Waals surface area (Å²) >= 11 is 0. The van der Waals surface area contributed by atoms with E-state index in [-0.39, 0.29) is 12.1 Å². The Balaban J connectivity index is 1.54. The van der Waals surface area contributed by atoms with E-state index in [0.29, 0.717) is 24.2 Å². The van der Waals surface area contributed by atoms with Crippen LogP contribution >= 0.6 is 0 Å². The molecule has 104 valence electrons.